The highest BCUT2D eigenvalue weighted by Crippen LogP contribution is 2.29. The van der Waals surface area contributed by atoms with E-state index in [1.54, 1.807) is 6.08 Å². The van der Waals surface area contributed by atoms with Gasteiger partial charge in [-0.3, -0.25) is 10.1 Å². The number of hydrogen-bond acceptors (Lipinski definition) is 3. The van der Waals surface area contributed by atoms with Gasteiger partial charge in [-0.25, -0.2) is 0 Å². The van der Waals surface area contributed by atoms with Crippen LogP contribution in [0, 0.1) is 0 Å². The molecule has 1 heterocycles. The first-order chi connectivity index (χ1) is 7.00. The molecule has 0 aromatic heterocycles. The lowest BCUT2D eigenvalue weighted by atomic mass is 9.84. The number of aliphatic carboxylic acids is 1. The fraction of sp³-hybridized carbons (Fsp3) is 0.727. The molecule has 2 N–H and O–H groups in total. The van der Waals surface area contributed by atoms with Crippen molar-refractivity contribution >= 4 is 5.97 Å². The van der Waals surface area contributed by atoms with Gasteiger partial charge in [-0.15, -0.1) is 6.58 Å². The third-order valence-electron chi connectivity index (χ3n) is 2.73. The summed E-state index contributed by atoms with van der Waals surface area (Å²) >= 11 is 0. The van der Waals surface area contributed by atoms with Crippen molar-refractivity contribution in [3.63, 3.8) is 0 Å². The lowest BCUT2D eigenvalue weighted by Gasteiger charge is -2.40. The van der Waals surface area contributed by atoms with Gasteiger partial charge in [0.2, 0.25) is 0 Å². The molecule has 1 fully saturated rings. The molecule has 86 valence electrons. The van der Waals surface area contributed by atoms with Crippen molar-refractivity contribution < 1.29 is 14.6 Å². The van der Waals surface area contributed by atoms with Crippen molar-refractivity contribution in [3.05, 3.63) is 12.7 Å². The van der Waals surface area contributed by atoms with Gasteiger partial charge in [0.15, 0.2) is 0 Å². The number of ether oxygens (including phenoxy) is 1. The van der Waals surface area contributed by atoms with Crippen LogP contribution in [0.5, 0.6) is 0 Å². The van der Waals surface area contributed by atoms with Crippen LogP contribution in [-0.2, 0) is 9.53 Å². The van der Waals surface area contributed by atoms with Gasteiger partial charge in [-0.2, -0.15) is 0 Å². The summed E-state index contributed by atoms with van der Waals surface area (Å²) in [5.41, 5.74) is -0.856. The lowest BCUT2D eigenvalue weighted by molar-refractivity contribution is -0.155. The third-order valence-corrected chi connectivity index (χ3v) is 2.73. The first-order valence-electron chi connectivity index (χ1n) is 5.25. The van der Waals surface area contributed by atoms with E-state index in [-0.39, 0.29) is 12.2 Å². The lowest BCUT2D eigenvalue weighted by Crippen LogP contribution is -2.58. The van der Waals surface area contributed by atoms with Crippen LogP contribution in [0.4, 0.5) is 0 Å². The van der Waals surface area contributed by atoms with E-state index >= 15 is 0 Å². The molecule has 2 unspecified atom stereocenters. The molecular weight excluding hydrogens is 194 g/mol. The zero-order valence-electron chi connectivity index (χ0n) is 9.32. The second-order valence-corrected chi connectivity index (χ2v) is 4.22. The molecule has 0 saturated carbocycles. The summed E-state index contributed by atoms with van der Waals surface area (Å²) in [6, 6.07) is 0. The number of hydrogen-bond donors (Lipinski definition) is 2. The van der Waals surface area contributed by atoms with Gasteiger partial charge in [0.05, 0.1) is 12.2 Å². The predicted molar refractivity (Wildman–Crippen MR) is 57.8 cm³/mol. The van der Waals surface area contributed by atoms with Crippen molar-refractivity contribution in [2.24, 2.45) is 0 Å². The van der Waals surface area contributed by atoms with Gasteiger partial charge in [0.25, 0.3) is 0 Å². The maximum atomic E-state index is 11.3. The average molecular weight is 213 g/mol. The molecule has 1 saturated heterocycles. The van der Waals surface area contributed by atoms with Crippen LogP contribution in [0.3, 0.4) is 0 Å². The van der Waals surface area contributed by atoms with E-state index in [9.17, 15) is 9.90 Å². The Morgan fingerprint density at radius 3 is 2.53 bits per heavy atom. The van der Waals surface area contributed by atoms with Crippen molar-refractivity contribution in [2.75, 3.05) is 6.54 Å². The Morgan fingerprint density at radius 2 is 2.13 bits per heavy atom. The van der Waals surface area contributed by atoms with Gasteiger partial charge in [0, 0.05) is 19.4 Å². The monoisotopic (exact) mass is 213 g/mol. The highest BCUT2D eigenvalue weighted by molar-refractivity contribution is 5.79. The van der Waals surface area contributed by atoms with Crippen LogP contribution in [0.15, 0.2) is 12.7 Å². The number of carbonyl (C=O) groups is 1. The number of carboxylic acid groups (broad SMARTS) is 1. The van der Waals surface area contributed by atoms with Crippen LogP contribution >= 0.6 is 0 Å². The van der Waals surface area contributed by atoms with Crippen molar-refractivity contribution in [3.8, 4) is 0 Å². The summed E-state index contributed by atoms with van der Waals surface area (Å²) in [5, 5.41) is 12.3. The quantitative estimate of drug-likeness (QED) is 0.688. The second kappa shape index (κ2) is 4.77. The SMILES string of the molecule is C=CCNC1(C(=O)O)CC(C)OC(C)C1. The molecule has 1 aliphatic rings. The van der Waals surface area contributed by atoms with Gasteiger partial charge < -0.3 is 9.84 Å². The predicted octanol–water partition coefficient (Wildman–Crippen LogP) is 1.17. The number of rotatable bonds is 4. The number of carboxylic acids is 1. The molecule has 1 rings (SSSR count). The zero-order chi connectivity index (χ0) is 11.5. The van der Waals surface area contributed by atoms with Crippen LogP contribution in [-0.4, -0.2) is 35.4 Å². The molecule has 0 aromatic rings. The van der Waals surface area contributed by atoms with E-state index in [4.69, 9.17) is 4.74 Å². The maximum absolute atomic E-state index is 11.3. The van der Waals surface area contributed by atoms with E-state index in [1.165, 1.54) is 0 Å². The van der Waals surface area contributed by atoms with Crippen molar-refractivity contribution in [1.82, 2.24) is 5.32 Å². The minimum absolute atomic E-state index is 0.0258. The van der Waals surface area contributed by atoms with Crippen molar-refractivity contribution in [1.29, 1.82) is 0 Å². The van der Waals surface area contributed by atoms with Gasteiger partial charge in [0.1, 0.15) is 5.54 Å². The highest BCUT2D eigenvalue weighted by Gasteiger charge is 2.44. The molecule has 1 aliphatic heterocycles. The largest absolute Gasteiger partial charge is 0.480 e. The van der Waals surface area contributed by atoms with E-state index in [1.807, 2.05) is 13.8 Å². The normalized spacial score (nSPS) is 36.1. The molecule has 0 radical (unpaired) electrons. The second-order valence-electron chi connectivity index (χ2n) is 4.22. The Labute approximate surface area is 90.3 Å². The Hall–Kier alpha value is -0.870. The topological polar surface area (TPSA) is 58.6 Å². The minimum atomic E-state index is -0.856. The van der Waals surface area contributed by atoms with E-state index in [0.717, 1.165) is 0 Å². The zero-order valence-corrected chi connectivity index (χ0v) is 9.32. The van der Waals surface area contributed by atoms with E-state index in [2.05, 4.69) is 11.9 Å². The standard InChI is InChI=1S/C11H19NO3/c1-4-5-12-11(10(13)14)6-8(2)15-9(3)7-11/h4,8-9,12H,1,5-7H2,2-3H3,(H,13,14). The fourth-order valence-corrected chi connectivity index (χ4v) is 2.22. The fourth-order valence-electron chi connectivity index (χ4n) is 2.22. The van der Waals surface area contributed by atoms with Crippen LogP contribution in [0.25, 0.3) is 0 Å². The molecule has 15 heavy (non-hydrogen) atoms. The van der Waals surface area contributed by atoms with Crippen molar-refractivity contribution in [2.45, 2.75) is 44.4 Å². The van der Waals surface area contributed by atoms with E-state index in [0.29, 0.717) is 19.4 Å². The summed E-state index contributed by atoms with van der Waals surface area (Å²) in [6.45, 7) is 7.90. The van der Waals surface area contributed by atoms with Crippen LogP contribution in [0.2, 0.25) is 0 Å². The Kier molecular flexibility index (Phi) is 3.88. The highest BCUT2D eigenvalue weighted by atomic mass is 16.5. The van der Waals surface area contributed by atoms with Gasteiger partial charge >= 0.3 is 5.97 Å². The first-order valence-corrected chi connectivity index (χ1v) is 5.25. The van der Waals surface area contributed by atoms with E-state index < -0.39 is 11.5 Å². The number of nitrogens with one attached hydrogen (secondary N) is 1. The van der Waals surface area contributed by atoms with Gasteiger partial charge in [-0.05, 0) is 13.8 Å². The molecule has 0 aromatic carbocycles. The van der Waals surface area contributed by atoms with Crippen LogP contribution < -0.4 is 5.32 Å². The molecule has 2 atom stereocenters. The Bertz CT molecular complexity index is 242. The third kappa shape index (κ3) is 2.79. The van der Waals surface area contributed by atoms with Crippen LogP contribution in [0.1, 0.15) is 26.7 Å². The summed E-state index contributed by atoms with van der Waals surface area (Å²) in [4.78, 5) is 11.3. The van der Waals surface area contributed by atoms with Gasteiger partial charge in [-0.1, -0.05) is 6.08 Å². The Morgan fingerprint density at radius 1 is 1.60 bits per heavy atom. The molecule has 0 spiro atoms. The molecule has 4 heteroatoms. The summed E-state index contributed by atoms with van der Waals surface area (Å²) in [5.74, 6) is -0.800. The maximum Gasteiger partial charge on any atom is 0.324 e. The molecule has 0 amide bonds. The average Bonchev–Trinajstić information content (AvgIpc) is 2.13. The summed E-state index contributed by atoms with van der Waals surface area (Å²) < 4.78 is 5.54. The molecule has 0 bridgehead atoms. The molecular formula is C11H19NO3. The molecule has 0 aliphatic carbocycles. The first kappa shape index (κ1) is 12.2. The minimum Gasteiger partial charge on any atom is -0.480 e. The Balaban J connectivity index is 2.78. The summed E-state index contributed by atoms with van der Waals surface area (Å²) in [6.07, 6.45) is 2.63. The summed E-state index contributed by atoms with van der Waals surface area (Å²) in [7, 11) is 0. The smallest absolute Gasteiger partial charge is 0.324 e. The molecule has 4 nitrogen and oxygen atoms in total.